The molecule has 0 fully saturated rings. The number of rotatable bonds is 3. The average molecular weight is 185 g/mol. The van der Waals surface area contributed by atoms with Gasteiger partial charge in [-0.1, -0.05) is 31.0 Å². The van der Waals surface area contributed by atoms with Crippen LogP contribution in [0.3, 0.4) is 0 Å². The normalized spacial score (nSPS) is 9.92. The van der Waals surface area contributed by atoms with Crippen LogP contribution in [0.2, 0.25) is 5.02 Å². The summed E-state index contributed by atoms with van der Waals surface area (Å²) in [6.07, 6.45) is 2.22. The number of hydrogen-bond acceptors (Lipinski definition) is 1. The van der Waals surface area contributed by atoms with Crippen LogP contribution in [0.5, 0.6) is 5.75 Å². The van der Waals surface area contributed by atoms with E-state index in [1.54, 1.807) is 7.11 Å². The van der Waals surface area contributed by atoms with Crippen molar-refractivity contribution in [2.24, 2.45) is 0 Å². The van der Waals surface area contributed by atoms with Gasteiger partial charge in [-0.25, -0.2) is 0 Å². The lowest BCUT2D eigenvalue weighted by Gasteiger charge is -2.04. The van der Waals surface area contributed by atoms with Crippen LogP contribution < -0.4 is 4.74 Å². The van der Waals surface area contributed by atoms with Crippen LogP contribution in [-0.2, 0) is 6.42 Å². The van der Waals surface area contributed by atoms with Crippen molar-refractivity contribution in [3.63, 3.8) is 0 Å². The lowest BCUT2D eigenvalue weighted by Crippen LogP contribution is -1.87. The quantitative estimate of drug-likeness (QED) is 0.701. The van der Waals surface area contributed by atoms with Gasteiger partial charge in [-0.15, -0.1) is 0 Å². The molecule has 1 aromatic rings. The van der Waals surface area contributed by atoms with Gasteiger partial charge in [0, 0.05) is 0 Å². The Labute approximate surface area is 78.3 Å². The molecule has 0 atom stereocenters. The average Bonchev–Trinajstić information content (AvgIpc) is 2.09. The van der Waals surface area contributed by atoms with E-state index in [1.165, 1.54) is 5.56 Å². The van der Waals surface area contributed by atoms with Gasteiger partial charge in [0.2, 0.25) is 0 Å². The molecule has 0 spiro atoms. The third-order valence-corrected chi connectivity index (χ3v) is 2.07. The van der Waals surface area contributed by atoms with Gasteiger partial charge in [-0.05, 0) is 24.1 Å². The summed E-state index contributed by atoms with van der Waals surface area (Å²) in [5.41, 5.74) is 1.28. The molecule has 0 aromatic heterocycles. The van der Waals surface area contributed by atoms with Crippen LogP contribution >= 0.6 is 11.6 Å². The first-order valence-corrected chi connectivity index (χ1v) is 4.48. The monoisotopic (exact) mass is 184 g/mol. The molecule has 1 aromatic carbocycles. The Balaban J connectivity index is 2.89. The Morgan fingerprint density at radius 1 is 1.42 bits per heavy atom. The second-order valence-electron chi connectivity index (χ2n) is 2.72. The summed E-state index contributed by atoms with van der Waals surface area (Å²) in [6, 6.07) is 5.91. The van der Waals surface area contributed by atoms with E-state index in [4.69, 9.17) is 16.3 Å². The first-order valence-electron chi connectivity index (χ1n) is 4.10. The number of benzene rings is 1. The van der Waals surface area contributed by atoms with E-state index in [2.05, 4.69) is 6.92 Å². The molecule has 1 rings (SSSR count). The van der Waals surface area contributed by atoms with Crippen LogP contribution in [0.4, 0.5) is 0 Å². The smallest absolute Gasteiger partial charge is 0.137 e. The maximum Gasteiger partial charge on any atom is 0.137 e. The first-order chi connectivity index (χ1) is 5.77. The van der Waals surface area contributed by atoms with Crippen molar-refractivity contribution in [2.75, 3.05) is 7.11 Å². The lowest BCUT2D eigenvalue weighted by molar-refractivity contribution is 0.414. The second kappa shape index (κ2) is 4.36. The molecule has 1 nitrogen and oxygen atoms in total. The molecule has 0 aliphatic rings. The maximum absolute atomic E-state index is 5.87. The summed E-state index contributed by atoms with van der Waals surface area (Å²) < 4.78 is 5.10. The fraction of sp³-hybridized carbons (Fsp3) is 0.400. The number of ether oxygens (including phenoxy) is 1. The Morgan fingerprint density at radius 2 is 2.17 bits per heavy atom. The van der Waals surface area contributed by atoms with Gasteiger partial charge < -0.3 is 4.74 Å². The van der Waals surface area contributed by atoms with Crippen LogP contribution in [0.15, 0.2) is 18.2 Å². The molecule has 2 heteroatoms. The van der Waals surface area contributed by atoms with Crippen molar-refractivity contribution in [1.29, 1.82) is 0 Å². The molecule has 0 saturated heterocycles. The van der Waals surface area contributed by atoms with E-state index in [1.807, 2.05) is 18.2 Å². The Morgan fingerprint density at radius 3 is 2.75 bits per heavy atom. The summed E-state index contributed by atoms with van der Waals surface area (Å²) >= 11 is 5.87. The van der Waals surface area contributed by atoms with Crippen molar-refractivity contribution >= 4 is 11.6 Å². The number of methoxy groups -OCH3 is 1. The first kappa shape index (κ1) is 9.40. The highest BCUT2D eigenvalue weighted by atomic mass is 35.5. The van der Waals surface area contributed by atoms with Gasteiger partial charge >= 0.3 is 0 Å². The predicted molar refractivity (Wildman–Crippen MR) is 52.0 cm³/mol. The van der Waals surface area contributed by atoms with Gasteiger partial charge in [0.25, 0.3) is 0 Å². The third-order valence-electron chi connectivity index (χ3n) is 1.75. The minimum Gasteiger partial charge on any atom is -0.495 e. The molecule has 66 valence electrons. The van der Waals surface area contributed by atoms with E-state index in [-0.39, 0.29) is 0 Å². The van der Waals surface area contributed by atoms with Gasteiger partial charge in [0.05, 0.1) is 12.1 Å². The van der Waals surface area contributed by atoms with Crippen LogP contribution in [0.25, 0.3) is 0 Å². The molecule has 0 unspecified atom stereocenters. The highest BCUT2D eigenvalue weighted by molar-refractivity contribution is 6.32. The molecule has 12 heavy (non-hydrogen) atoms. The highest BCUT2D eigenvalue weighted by Crippen LogP contribution is 2.25. The Bertz CT molecular complexity index is 258. The zero-order valence-electron chi connectivity index (χ0n) is 7.43. The summed E-state index contributed by atoms with van der Waals surface area (Å²) in [4.78, 5) is 0. The van der Waals surface area contributed by atoms with E-state index in [0.717, 1.165) is 18.6 Å². The van der Waals surface area contributed by atoms with E-state index >= 15 is 0 Å². The van der Waals surface area contributed by atoms with Crippen molar-refractivity contribution in [2.45, 2.75) is 19.8 Å². The number of halogens is 1. The summed E-state index contributed by atoms with van der Waals surface area (Å²) in [5, 5.41) is 0.678. The molecule has 0 bridgehead atoms. The summed E-state index contributed by atoms with van der Waals surface area (Å²) in [5.74, 6) is 0.766. The zero-order valence-corrected chi connectivity index (χ0v) is 8.19. The van der Waals surface area contributed by atoms with Crippen molar-refractivity contribution in [3.8, 4) is 5.75 Å². The Hall–Kier alpha value is -0.690. The molecule has 0 amide bonds. The zero-order chi connectivity index (χ0) is 8.97. The molecule has 0 aliphatic carbocycles. The molecule has 0 saturated carbocycles. The molecule has 0 radical (unpaired) electrons. The third kappa shape index (κ3) is 2.15. The van der Waals surface area contributed by atoms with Crippen molar-refractivity contribution in [3.05, 3.63) is 28.8 Å². The lowest BCUT2D eigenvalue weighted by atomic mass is 10.1. The topological polar surface area (TPSA) is 9.23 Å². The van der Waals surface area contributed by atoms with Gasteiger partial charge in [0.1, 0.15) is 5.75 Å². The van der Waals surface area contributed by atoms with Gasteiger partial charge in [-0.2, -0.15) is 0 Å². The van der Waals surface area contributed by atoms with Crippen molar-refractivity contribution < 1.29 is 4.74 Å². The van der Waals surface area contributed by atoms with E-state index < -0.39 is 0 Å². The van der Waals surface area contributed by atoms with Crippen LogP contribution in [0, 0.1) is 0 Å². The van der Waals surface area contributed by atoms with Crippen LogP contribution in [0.1, 0.15) is 18.9 Å². The SMILES string of the molecule is CCCc1ccc(Cl)c(OC)c1. The molecule has 0 N–H and O–H groups in total. The van der Waals surface area contributed by atoms with E-state index in [9.17, 15) is 0 Å². The van der Waals surface area contributed by atoms with Crippen LogP contribution in [-0.4, -0.2) is 7.11 Å². The van der Waals surface area contributed by atoms with Gasteiger partial charge in [-0.3, -0.25) is 0 Å². The molecule has 0 heterocycles. The predicted octanol–water partition coefficient (Wildman–Crippen LogP) is 3.30. The fourth-order valence-corrected chi connectivity index (χ4v) is 1.34. The standard InChI is InChI=1S/C10H13ClO/c1-3-4-8-5-6-9(11)10(7-8)12-2/h5-7H,3-4H2,1-2H3. The van der Waals surface area contributed by atoms with E-state index in [0.29, 0.717) is 5.02 Å². The Kier molecular flexibility index (Phi) is 3.42. The maximum atomic E-state index is 5.87. The second-order valence-corrected chi connectivity index (χ2v) is 3.13. The summed E-state index contributed by atoms with van der Waals surface area (Å²) in [7, 11) is 1.64. The molecule has 0 aliphatic heterocycles. The van der Waals surface area contributed by atoms with Gasteiger partial charge in [0.15, 0.2) is 0 Å². The fourth-order valence-electron chi connectivity index (χ4n) is 1.15. The minimum absolute atomic E-state index is 0.678. The summed E-state index contributed by atoms with van der Waals surface area (Å²) in [6.45, 7) is 2.15. The number of aryl methyl sites for hydroxylation is 1. The largest absolute Gasteiger partial charge is 0.495 e. The highest BCUT2D eigenvalue weighted by Gasteiger charge is 2.00. The molecular formula is C10H13ClO. The van der Waals surface area contributed by atoms with Crippen molar-refractivity contribution in [1.82, 2.24) is 0 Å². The minimum atomic E-state index is 0.678. The number of hydrogen-bond donors (Lipinski definition) is 0. The molecular weight excluding hydrogens is 172 g/mol.